The molecule has 0 fully saturated rings. The zero-order valence-electron chi connectivity index (χ0n) is 13.9. The highest BCUT2D eigenvalue weighted by atomic mass is 32.2. The SMILES string of the molecule is C[C@H](Sc1nnc(CCC(N)=O)n1C)C(=O)Nc1ccc(C#N)cc1. The largest absolute Gasteiger partial charge is 0.370 e. The number of carbonyl (C=O) groups is 2. The number of hydrogen-bond acceptors (Lipinski definition) is 6. The van der Waals surface area contributed by atoms with Crippen LogP contribution < -0.4 is 11.1 Å². The third kappa shape index (κ3) is 5.06. The van der Waals surface area contributed by atoms with Crippen LogP contribution in [0, 0.1) is 11.3 Å². The summed E-state index contributed by atoms with van der Waals surface area (Å²) in [7, 11) is 1.78. The number of nitrogens with one attached hydrogen (secondary N) is 1. The molecular weight excluding hydrogens is 340 g/mol. The Labute approximate surface area is 149 Å². The summed E-state index contributed by atoms with van der Waals surface area (Å²) in [6.07, 6.45) is 0.608. The molecule has 9 heteroatoms. The van der Waals surface area contributed by atoms with Crippen molar-refractivity contribution >= 4 is 29.3 Å². The molecule has 0 radical (unpaired) electrons. The molecule has 0 bridgehead atoms. The standard InChI is InChI=1S/C16H18N6O2S/c1-10(15(24)19-12-5-3-11(9-17)4-6-12)25-16-21-20-14(22(16)2)8-7-13(18)23/h3-6,10H,7-8H2,1-2H3,(H2,18,23)(H,19,24)/t10-/m0/s1. The summed E-state index contributed by atoms with van der Waals surface area (Å²) in [4.78, 5) is 23.1. The van der Waals surface area contributed by atoms with E-state index in [1.165, 1.54) is 11.8 Å². The molecule has 0 saturated heterocycles. The van der Waals surface area contributed by atoms with E-state index in [1.807, 2.05) is 6.07 Å². The van der Waals surface area contributed by atoms with Crippen molar-refractivity contribution in [2.45, 2.75) is 30.2 Å². The van der Waals surface area contributed by atoms with E-state index in [4.69, 9.17) is 11.0 Å². The van der Waals surface area contributed by atoms with Gasteiger partial charge in [-0.2, -0.15) is 5.26 Å². The van der Waals surface area contributed by atoms with Gasteiger partial charge >= 0.3 is 0 Å². The van der Waals surface area contributed by atoms with Crippen molar-refractivity contribution in [3.05, 3.63) is 35.7 Å². The Morgan fingerprint density at radius 3 is 2.64 bits per heavy atom. The molecule has 25 heavy (non-hydrogen) atoms. The number of nitrogens with two attached hydrogens (primary N) is 1. The maximum atomic E-state index is 12.3. The summed E-state index contributed by atoms with van der Waals surface area (Å²) in [6.45, 7) is 1.77. The number of amides is 2. The predicted octanol–water partition coefficient (Wildman–Crippen LogP) is 1.22. The van der Waals surface area contributed by atoms with Gasteiger partial charge in [0.25, 0.3) is 0 Å². The van der Waals surface area contributed by atoms with Gasteiger partial charge in [0, 0.05) is 25.6 Å². The van der Waals surface area contributed by atoms with Gasteiger partial charge in [0.1, 0.15) is 5.82 Å². The normalized spacial score (nSPS) is 11.6. The van der Waals surface area contributed by atoms with Gasteiger partial charge in [0.15, 0.2) is 5.16 Å². The van der Waals surface area contributed by atoms with Crippen LogP contribution in [0.3, 0.4) is 0 Å². The highest BCUT2D eigenvalue weighted by Crippen LogP contribution is 2.23. The molecule has 2 aromatic rings. The highest BCUT2D eigenvalue weighted by Gasteiger charge is 2.19. The van der Waals surface area contributed by atoms with Crippen LogP contribution in [0.5, 0.6) is 0 Å². The maximum absolute atomic E-state index is 12.3. The molecule has 0 spiro atoms. The lowest BCUT2D eigenvalue weighted by atomic mass is 10.2. The Balaban J connectivity index is 1.96. The Hall–Kier alpha value is -2.86. The fourth-order valence-corrected chi connectivity index (χ4v) is 2.82. The van der Waals surface area contributed by atoms with E-state index in [0.717, 1.165) is 0 Å². The number of nitrogens with zero attached hydrogens (tertiary/aromatic N) is 4. The first kappa shape index (κ1) is 18.5. The number of anilines is 1. The van der Waals surface area contributed by atoms with Gasteiger partial charge in [-0.15, -0.1) is 10.2 Å². The van der Waals surface area contributed by atoms with E-state index in [-0.39, 0.29) is 12.3 Å². The summed E-state index contributed by atoms with van der Waals surface area (Å²) in [6, 6.07) is 8.66. The number of primary amides is 1. The van der Waals surface area contributed by atoms with Crippen molar-refractivity contribution < 1.29 is 9.59 Å². The van der Waals surface area contributed by atoms with Crippen molar-refractivity contribution in [3.8, 4) is 6.07 Å². The van der Waals surface area contributed by atoms with Crippen LogP contribution in [0.2, 0.25) is 0 Å². The lowest BCUT2D eigenvalue weighted by Crippen LogP contribution is -2.22. The van der Waals surface area contributed by atoms with Crippen LogP contribution in [-0.2, 0) is 23.1 Å². The van der Waals surface area contributed by atoms with E-state index in [1.54, 1.807) is 42.8 Å². The van der Waals surface area contributed by atoms with Crippen molar-refractivity contribution in [1.29, 1.82) is 5.26 Å². The fraction of sp³-hybridized carbons (Fsp3) is 0.312. The summed E-state index contributed by atoms with van der Waals surface area (Å²) < 4.78 is 1.75. The van der Waals surface area contributed by atoms with Gasteiger partial charge in [0.2, 0.25) is 11.8 Å². The average Bonchev–Trinajstić information content (AvgIpc) is 2.93. The molecule has 0 unspecified atom stereocenters. The number of benzene rings is 1. The molecule has 1 heterocycles. The van der Waals surface area contributed by atoms with Gasteiger partial charge in [-0.1, -0.05) is 11.8 Å². The quantitative estimate of drug-likeness (QED) is 0.717. The number of aryl methyl sites for hydroxylation is 1. The molecule has 1 aromatic carbocycles. The third-order valence-corrected chi connectivity index (χ3v) is 4.59. The zero-order valence-corrected chi connectivity index (χ0v) is 14.7. The van der Waals surface area contributed by atoms with Crippen LogP contribution in [0.1, 0.15) is 24.7 Å². The number of nitriles is 1. The number of hydrogen-bond donors (Lipinski definition) is 2. The Bertz CT molecular complexity index is 809. The number of carbonyl (C=O) groups excluding carboxylic acids is 2. The first-order valence-electron chi connectivity index (χ1n) is 7.55. The monoisotopic (exact) mass is 358 g/mol. The molecule has 130 valence electrons. The molecular formula is C16H18N6O2S. The second-order valence-electron chi connectivity index (χ2n) is 5.36. The van der Waals surface area contributed by atoms with E-state index < -0.39 is 11.2 Å². The Morgan fingerprint density at radius 1 is 1.36 bits per heavy atom. The molecule has 2 amide bonds. The molecule has 1 aromatic heterocycles. The minimum Gasteiger partial charge on any atom is -0.370 e. The first-order chi connectivity index (χ1) is 11.9. The van der Waals surface area contributed by atoms with E-state index >= 15 is 0 Å². The molecule has 0 aliphatic rings. The molecule has 1 atom stereocenters. The summed E-state index contributed by atoms with van der Waals surface area (Å²) in [5.74, 6) is 0.0600. The highest BCUT2D eigenvalue weighted by molar-refractivity contribution is 8.00. The van der Waals surface area contributed by atoms with Crippen LogP contribution in [-0.4, -0.2) is 31.8 Å². The maximum Gasteiger partial charge on any atom is 0.237 e. The number of aromatic nitrogens is 3. The number of thioether (sulfide) groups is 1. The Kier molecular flexibility index (Phi) is 6.14. The van der Waals surface area contributed by atoms with Gasteiger partial charge in [-0.05, 0) is 31.2 Å². The predicted molar refractivity (Wildman–Crippen MR) is 93.6 cm³/mol. The van der Waals surface area contributed by atoms with E-state index in [9.17, 15) is 9.59 Å². The zero-order chi connectivity index (χ0) is 18.4. The van der Waals surface area contributed by atoms with Gasteiger partial charge in [0.05, 0.1) is 16.9 Å². The smallest absolute Gasteiger partial charge is 0.237 e. The lowest BCUT2D eigenvalue weighted by Gasteiger charge is -2.11. The Morgan fingerprint density at radius 2 is 2.04 bits per heavy atom. The van der Waals surface area contributed by atoms with Crippen LogP contribution in [0.25, 0.3) is 0 Å². The van der Waals surface area contributed by atoms with Crippen molar-refractivity contribution in [1.82, 2.24) is 14.8 Å². The topological polar surface area (TPSA) is 127 Å². The molecule has 3 N–H and O–H groups in total. The summed E-state index contributed by atoms with van der Waals surface area (Å²) in [5, 5.41) is 19.8. The van der Waals surface area contributed by atoms with Crippen molar-refractivity contribution in [2.75, 3.05) is 5.32 Å². The molecule has 0 aliphatic carbocycles. The number of rotatable bonds is 7. The molecule has 0 aliphatic heterocycles. The van der Waals surface area contributed by atoms with Gasteiger partial charge in [-0.25, -0.2) is 0 Å². The van der Waals surface area contributed by atoms with Crippen molar-refractivity contribution in [3.63, 3.8) is 0 Å². The summed E-state index contributed by atoms with van der Waals surface area (Å²) in [5.41, 5.74) is 6.29. The third-order valence-electron chi connectivity index (χ3n) is 3.45. The van der Waals surface area contributed by atoms with Gasteiger partial charge in [-0.3, -0.25) is 9.59 Å². The second-order valence-corrected chi connectivity index (χ2v) is 6.67. The fourth-order valence-electron chi connectivity index (χ4n) is 1.98. The summed E-state index contributed by atoms with van der Waals surface area (Å²) >= 11 is 1.27. The molecule has 2 rings (SSSR count). The second kappa shape index (κ2) is 8.30. The van der Waals surface area contributed by atoms with Crippen LogP contribution in [0.15, 0.2) is 29.4 Å². The van der Waals surface area contributed by atoms with Crippen LogP contribution in [0.4, 0.5) is 5.69 Å². The average molecular weight is 358 g/mol. The van der Waals surface area contributed by atoms with Crippen molar-refractivity contribution in [2.24, 2.45) is 12.8 Å². The minimum atomic E-state index is -0.400. The molecule has 0 saturated carbocycles. The van der Waals surface area contributed by atoms with E-state index in [2.05, 4.69) is 15.5 Å². The lowest BCUT2D eigenvalue weighted by molar-refractivity contribution is -0.118. The minimum absolute atomic E-state index is 0.184. The van der Waals surface area contributed by atoms with Crippen LogP contribution >= 0.6 is 11.8 Å². The van der Waals surface area contributed by atoms with E-state index in [0.29, 0.717) is 28.7 Å². The van der Waals surface area contributed by atoms with Gasteiger partial charge < -0.3 is 15.6 Å². The first-order valence-corrected chi connectivity index (χ1v) is 8.43. The molecule has 8 nitrogen and oxygen atoms in total.